The van der Waals surface area contributed by atoms with Crippen LogP contribution in [0.4, 0.5) is 11.4 Å². The molecule has 0 saturated heterocycles. The molecule has 0 unspecified atom stereocenters. The van der Waals surface area contributed by atoms with Gasteiger partial charge in [0.05, 0.1) is 22.0 Å². The molecule has 0 spiro atoms. The summed E-state index contributed by atoms with van der Waals surface area (Å²) >= 11 is 9.44. The lowest BCUT2D eigenvalue weighted by atomic mass is 10.1. The van der Waals surface area contributed by atoms with Gasteiger partial charge in [-0.2, -0.15) is 0 Å². The first-order valence-corrected chi connectivity index (χ1v) is 6.70. The van der Waals surface area contributed by atoms with Gasteiger partial charge in [0.15, 0.2) is 0 Å². The van der Waals surface area contributed by atoms with Crippen molar-refractivity contribution < 1.29 is 9.90 Å². The van der Waals surface area contributed by atoms with E-state index in [1.165, 1.54) is 0 Å². The Balaban J connectivity index is 2.45. The molecule has 0 aromatic heterocycles. The maximum absolute atomic E-state index is 11.2. The second kappa shape index (κ2) is 5.63. The van der Waals surface area contributed by atoms with Crippen LogP contribution in [0, 0.1) is 6.92 Å². The summed E-state index contributed by atoms with van der Waals surface area (Å²) in [5, 5.41) is 12.8. The van der Waals surface area contributed by atoms with Crippen LogP contribution in [0.2, 0.25) is 5.02 Å². The minimum Gasteiger partial charge on any atom is -0.478 e. The Labute approximate surface area is 124 Å². The number of carboxylic acid groups (broad SMARTS) is 1. The average Bonchev–Trinajstić information content (AvgIpc) is 2.33. The van der Waals surface area contributed by atoms with Crippen LogP contribution >= 0.6 is 27.5 Å². The van der Waals surface area contributed by atoms with E-state index in [-0.39, 0.29) is 5.56 Å². The number of hydrogen-bond donors (Lipinski definition) is 2. The van der Waals surface area contributed by atoms with Crippen molar-refractivity contribution in [3.8, 4) is 0 Å². The van der Waals surface area contributed by atoms with Gasteiger partial charge in [-0.3, -0.25) is 0 Å². The molecule has 2 N–H and O–H groups in total. The van der Waals surface area contributed by atoms with Gasteiger partial charge in [-0.25, -0.2) is 4.79 Å². The molecule has 0 aliphatic heterocycles. The van der Waals surface area contributed by atoms with Gasteiger partial charge in [0.2, 0.25) is 0 Å². The molecule has 0 amide bonds. The third kappa shape index (κ3) is 3.28. The van der Waals surface area contributed by atoms with Crippen molar-refractivity contribution in [2.24, 2.45) is 0 Å². The topological polar surface area (TPSA) is 49.3 Å². The van der Waals surface area contributed by atoms with Crippen molar-refractivity contribution in [3.63, 3.8) is 0 Å². The quantitative estimate of drug-likeness (QED) is 0.839. The third-order valence-corrected chi connectivity index (χ3v) is 3.43. The molecule has 2 aromatic carbocycles. The maximum Gasteiger partial charge on any atom is 0.337 e. The number of benzene rings is 2. The van der Waals surface area contributed by atoms with Crippen LogP contribution in [-0.2, 0) is 0 Å². The van der Waals surface area contributed by atoms with Crippen molar-refractivity contribution in [1.82, 2.24) is 0 Å². The fraction of sp³-hybridized carbons (Fsp3) is 0.0714. The number of aryl methyl sites for hydroxylation is 1. The van der Waals surface area contributed by atoms with Gasteiger partial charge < -0.3 is 10.4 Å². The Morgan fingerprint density at radius 3 is 2.63 bits per heavy atom. The smallest absolute Gasteiger partial charge is 0.337 e. The molecule has 0 atom stereocenters. The highest BCUT2D eigenvalue weighted by molar-refractivity contribution is 9.10. The summed E-state index contributed by atoms with van der Waals surface area (Å²) in [5.74, 6) is -0.978. The number of anilines is 2. The molecule has 0 saturated carbocycles. The average molecular weight is 341 g/mol. The van der Waals surface area contributed by atoms with Crippen LogP contribution < -0.4 is 5.32 Å². The first-order valence-electron chi connectivity index (χ1n) is 5.53. The highest BCUT2D eigenvalue weighted by Crippen LogP contribution is 2.30. The van der Waals surface area contributed by atoms with E-state index in [0.29, 0.717) is 16.4 Å². The number of halogens is 2. The molecule has 0 heterocycles. The van der Waals surface area contributed by atoms with Crippen LogP contribution in [0.5, 0.6) is 0 Å². The first-order chi connectivity index (χ1) is 8.97. The van der Waals surface area contributed by atoms with E-state index in [4.69, 9.17) is 11.6 Å². The van der Waals surface area contributed by atoms with Crippen LogP contribution in [0.3, 0.4) is 0 Å². The van der Waals surface area contributed by atoms with Crippen LogP contribution in [0.15, 0.2) is 40.9 Å². The zero-order valence-electron chi connectivity index (χ0n) is 10.1. The highest BCUT2D eigenvalue weighted by atomic mass is 79.9. The standard InChI is InChI=1S/C14H11BrClNO2/c1-8-2-4-10(14(18)19)12(6-8)17-13-7-9(15)3-5-11(13)16/h2-7,17H,1H3,(H,18,19). The van der Waals surface area contributed by atoms with E-state index in [2.05, 4.69) is 21.2 Å². The fourth-order valence-corrected chi connectivity index (χ4v) is 2.21. The monoisotopic (exact) mass is 339 g/mol. The molecule has 2 rings (SSSR count). The molecule has 0 aliphatic carbocycles. The SMILES string of the molecule is Cc1ccc(C(=O)O)c(Nc2cc(Br)ccc2Cl)c1. The molecular formula is C14H11BrClNO2. The van der Waals surface area contributed by atoms with Crippen LogP contribution in [0.1, 0.15) is 15.9 Å². The second-order valence-electron chi connectivity index (χ2n) is 4.10. The number of rotatable bonds is 3. The van der Waals surface area contributed by atoms with Crippen LogP contribution in [0.25, 0.3) is 0 Å². The predicted molar refractivity (Wildman–Crippen MR) is 80.6 cm³/mol. The molecule has 0 bridgehead atoms. The summed E-state index contributed by atoms with van der Waals surface area (Å²) in [6.07, 6.45) is 0. The minimum absolute atomic E-state index is 0.210. The summed E-state index contributed by atoms with van der Waals surface area (Å²) in [5.41, 5.74) is 2.36. The lowest BCUT2D eigenvalue weighted by Crippen LogP contribution is -2.03. The first kappa shape index (κ1) is 13.9. The highest BCUT2D eigenvalue weighted by Gasteiger charge is 2.11. The molecule has 2 aromatic rings. The predicted octanol–water partition coefficient (Wildman–Crippen LogP) is 4.85. The fourth-order valence-electron chi connectivity index (χ4n) is 1.69. The van der Waals surface area contributed by atoms with Gasteiger partial charge in [-0.15, -0.1) is 0 Å². The van der Waals surface area contributed by atoms with Crippen molar-refractivity contribution in [2.45, 2.75) is 6.92 Å². The molecule has 0 radical (unpaired) electrons. The van der Waals surface area contributed by atoms with Gasteiger partial charge in [-0.05, 0) is 42.8 Å². The largest absolute Gasteiger partial charge is 0.478 e. The van der Waals surface area contributed by atoms with E-state index in [0.717, 1.165) is 10.0 Å². The zero-order chi connectivity index (χ0) is 14.0. The van der Waals surface area contributed by atoms with Gasteiger partial charge >= 0.3 is 5.97 Å². The van der Waals surface area contributed by atoms with E-state index in [1.807, 2.05) is 13.0 Å². The van der Waals surface area contributed by atoms with Crippen molar-refractivity contribution in [3.05, 3.63) is 57.0 Å². The molecule has 98 valence electrons. The molecule has 3 nitrogen and oxygen atoms in total. The number of hydrogen-bond acceptors (Lipinski definition) is 2. The summed E-state index contributed by atoms with van der Waals surface area (Å²) in [7, 11) is 0. The molecule has 0 aliphatic rings. The lowest BCUT2D eigenvalue weighted by Gasteiger charge is -2.12. The van der Waals surface area contributed by atoms with E-state index < -0.39 is 5.97 Å². The van der Waals surface area contributed by atoms with Crippen molar-refractivity contribution >= 4 is 44.9 Å². The van der Waals surface area contributed by atoms with Crippen LogP contribution in [-0.4, -0.2) is 11.1 Å². The molecular weight excluding hydrogens is 330 g/mol. The molecule has 0 fully saturated rings. The van der Waals surface area contributed by atoms with Gasteiger partial charge in [-0.1, -0.05) is 33.6 Å². The third-order valence-electron chi connectivity index (χ3n) is 2.60. The minimum atomic E-state index is -0.978. The Morgan fingerprint density at radius 1 is 1.21 bits per heavy atom. The van der Waals surface area contributed by atoms with Gasteiger partial charge in [0, 0.05) is 4.47 Å². The number of aromatic carboxylic acids is 1. The Morgan fingerprint density at radius 2 is 1.95 bits per heavy atom. The van der Waals surface area contributed by atoms with Crippen molar-refractivity contribution in [2.75, 3.05) is 5.32 Å². The molecule has 5 heteroatoms. The summed E-state index contributed by atoms with van der Waals surface area (Å²) in [6, 6.07) is 10.5. The maximum atomic E-state index is 11.2. The number of nitrogens with one attached hydrogen (secondary N) is 1. The second-order valence-corrected chi connectivity index (χ2v) is 5.43. The summed E-state index contributed by atoms with van der Waals surface area (Å²) in [6.45, 7) is 1.90. The van der Waals surface area contributed by atoms with Gasteiger partial charge in [0.1, 0.15) is 0 Å². The summed E-state index contributed by atoms with van der Waals surface area (Å²) in [4.78, 5) is 11.2. The van der Waals surface area contributed by atoms with Gasteiger partial charge in [0.25, 0.3) is 0 Å². The van der Waals surface area contributed by atoms with E-state index in [1.54, 1.807) is 30.3 Å². The summed E-state index contributed by atoms with van der Waals surface area (Å²) < 4.78 is 0.865. The van der Waals surface area contributed by atoms with E-state index in [9.17, 15) is 9.90 Å². The van der Waals surface area contributed by atoms with E-state index >= 15 is 0 Å². The zero-order valence-corrected chi connectivity index (χ0v) is 12.4. The lowest BCUT2D eigenvalue weighted by molar-refractivity contribution is 0.0698. The Bertz CT molecular complexity index is 643. The Kier molecular flexibility index (Phi) is 4.12. The Hall–Kier alpha value is -1.52. The normalized spacial score (nSPS) is 10.3. The molecule has 19 heavy (non-hydrogen) atoms. The van der Waals surface area contributed by atoms with Crippen molar-refractivity contribution in [1.29, 1.82) is 0 Å². The number of carboxylic acids is 1. The number of carbonyl (C=O) groups is 1.